The molecule has 0 atom stereocenters. The normalized spacial score (nSPS) is 10.3. The van der Waals surface area contributed by atoms with E-state index in [9.17, 15) is 9.59 Å². The Morgan fingerprint density at radius 3 is 2.30 bits per heavy atom. The first-order valence-electron chi connectivity index (χ1n) is 8.65. The molecule has 1 amide bonds. The van der Waals surface area contributed by atoms with E-state index in [0.29, 0.717) is 16.9 Å². The molecule has 0 aliphatic rings. The summed E-state index contributed by atoms with van der Waals surface area (Å²) in [7, 11) is 0. The van der Waals surface area contributed by atoms with Gasteiger partial charge in [-0.25, -0.2) is 4.98 Å². The lowest BCUT2D eigenvalue weighted by molar-refractivity contribution is 0.100. The number of aromatic nitrogens is 1. The molecule has 0 bridgehead atoms. The average molecular weight is 359 g/mol. The van der Waals surface area contributed by atoms with E-state index in [1.54, 1.807) is 36.5 Å². The third-order valence-electron chi connectivity index (χ3n) is 4.32. The number of carbonyl (C=O) groups excluding carboxylic acids is 2. The van der Waals surface area contributed by atoms with Crippen molar-refractivity contribution in [2.45, 2.75) is 20.8 Å². The molecule has 5 nitrogen and oxygen atoms in total. The Labute approximate surface area is 158 Å². The fraction of sp³-hybridized carbons (Fsp3) is 0.136. The number of ketones is 1. The predicted molar refractivity (Wildman–Crippen MR) is 108 cm³/mol. The van der Waals surface area contributed by atoms with Crippen molar-refractivity contribution < 1.29 is 9.59 Å². The maximum atomic E-state index is 12.4. The smallest absolute Gasteiger partial charge is 0.274 e. The molecule has 0 aliphatic heterocycles. The number of hydrogen-bond donors (Lipinski definition) is 2. The molecule has 1 heterocycles. The molecule has 3 rings (SSSR count). The predicted octanol–water partition coefficient (Wildman–Crippen LogP) is 4.90. The van der Waals surface area contributed by atoms with Crippen molar-refractivity contribution >= 4 is 28.8 Å². The van der Waals surface area contributed by atoms with E-state index in [1.807, 2.05) is 12.1 Å². The van der Waals surface area contributed by atoms with Crippen LogP contribution in [-0.4, -0.2) is 16.7 Å². The molecule has 2 N–H and O–H groups in total. The van der Waals surface area contributed by atoms with Crippen molar-refractivity contribution in [1.82, 2.24) is 4.98 Å². The summed E-state index contributed by atoms with van der Waals surface area (Å²) in [6.45, 7) is 5.62. The van der Waals surface area contributed by atoms with Crippen LogP contribution in [0.5, 0.6) is 0 Å². The number of amides is 1. The van der Waals surface area contributed by atoms with Crippen molar-refractivity contribution in [3.05, 3.63) is 83.2 Å². The van der Waals surface area contributed by atoms with Gasteiger partial charge in [-0.15, -0.1) is 0 Å². The van der Waals surface area contributed by atoms with E-state index < -0.39 is 0 Å². The highest BCUT2D eigenvalue weighted by atomic mass is 16.2. The number of hydrogen-bond acceptors (Lipinski definition) is 4. The van der Waals surface area contributed by atoms with E-state index in [1.165, 1.54) is 18.1 Å². The molecule has 0 fully saturated rings. The van der Waals surface area contributed by atoms with Crippen LogP contribution in [0.1, 0.15) is 38.9 Å². The second-order valence-electron chi connectivity index (χ2n) is 6.45. The maximum absolute atomic E-state index is 12.4. The molecule has 0 unspecified atom stereocenters. The van der Waals surface area contributed by atoms with E-state index >= 15 is 0 Å². The Morgan fingerprint density at radius 1 is 0.852 bits per heavy atom. The Balaban J connectivity index is 1.69. The summed E-state index contributed by atoms with van der Waals surface area (Å²) in [5.41, 5.74) is 5.62. The number of Topliss-reactive ketones (excluding diaryl/α,β-unsaturated/α-hetero) is 1. The number of aryl methyl sites for hydroxylation is 2. The van der Waals surface area contributed by atoms with E-state index in [4.69, 9.17) is 0 Å². The van der Waals surface area contributed by atoms with Gasteiger partial charge in [0.15, 0.2) is 5.78 Å². The molecule has 0 aliphatic carbocycles. The Hall–Kier alpha value is -3.47. The standard InChI is InChI=1S/C22H21N3O2/c1-14-7-8-19(11-15(14)2)24-20-9-10-21(23-13-20)22(27)25-18-6-4-5-17(12-18)16(3)26/h4-13,24H,1-3H3,(H,25,27). The summed E-state index contributed by atoms with van der Waals surface area (Å²) >= 11 is 0. The minimum atomic E-state index is -0.326. The molecule has 2 aromatic carbocycles. The van der Waals surface area contributed by atoms with Crippen LogP contribution in [0.15, 0.2) is 60.8 Å². The minimum absolute atomic E-state index is 0.0500. The van der Waals surface area contributed by atoms with Crippen molar-refractivity contribution in [3.63, 3.8) is 0 Å². The highest BCUT2D eigenvalue weighted by molar-refractivity contribution is 6.04. The Bertz CT molecular complexity index is 995. The molecule has 27 heavy (non-hydrogen) atoms. The van der Waals surface area contributed by atoms with Crippen LogP contribution in [-0.2, 0) is 0 Å². The van der Waals surface area contributed by atoms with Gasteiger partial charge in [0.2, 0.25) is 0 Å². The van der Waals surface area contributed by atoms with Crippen molar-refractivity contribution in [1.29, 1.82) is 0 Å². The SMILES string of the molecule is CC(=O)c1cccc(NC(=O)c2ccc(Nc3ccc(C)c(C)c3)cn2)c1. The van der Waals surface area contributed by atoms with Gasteiger partial charge < -0.3 is 10.6 Å². The summed E-state index contributed by atoms with van der Waals surface area (Å²) in [5.74, 6) is -0.376. The number of nitrogens with one attached hydrogen (secondary N) is 2. The van der Waals surface area contributed by atoms with Crippen LogP contribution < -0.4 is 10.6 Å². The van der Waals surface area contributed by atoms with Crippen LogP contribution in [0, 0.1) is 13.8 Å². The van der Waals surface area contributed by atoms with Crippen LogP contribution in [0.2, 0.25) is 0 Å². The number of rotatable bonds is 5. The lowest BCUT2D eigenvalue weighted by Crippen LogP contribution is -2.14. The van der Waals surface area contributed by atoms with Gasteiger partial charge in [-0.3, -0.25) is 9.59 Å². The fourth-order valence-corrected chi connectivity index (χ4v) is 2.60. The lowest BCUT2D eigenvalue weighted by Gasteiger charge is -2.09. The third kappa shape index (κ3) is 4.58. The number of benzene rings is 2. The van der Waals surface area contributed by atoms with Crippen molar-refractivity contribution in [3.8, 4) is 0 Å². The monoisotopic (exact) mass is 359 g/mol. The molecule has 0 saturated heterocycles. The molecule has 5 heteroatoms. The third-order valence-corrected chi connectivity index (χ3v) is 4.32. The lowest BCUT2D eigenvalue weighted by atomic mass is 10.1. The second kappa shape index (κ2) is 7.83. The van der Waals surface area contributed by atoms with Gasteiger partial charge in [-0.05, 0) is 68.3 Å². The topological polar surface area (TPSA) is 71.1 Å². The first-order chi connectivity index (χ1) is 12.9. The second-order valence-corrected chi connectivity index (χ2v) is 6.45. The summed E-state index contributed by atoms with van der Waals surface area (Å²) < 4.78 is 0. The maximum Gasteiger partial charge on any atom is 0.274 e. The van der Waals surface area contributed by atoms with Crippen LogP contribution in [0.25, 0.3) is 0 Å². The number of anilines is 3. The minimum Gasteiger partial charge on any atom is -0.354 e. The summed E-state index contributed by atoms with van der Waals surface area (Å²) in [4.78, 5) is 28.0. The largest absolute Gasteiger partial charge is 0.354 e. The zero-order chi connectivity index (χ0) is 19.4. The summed E-state index contributed by atoms with van der Waals surface area (Å²) in [5, 5.41) is 6.04. The van der Waals surface area contributed by atoms with Crippen LogP contribution >= 0.6 is 0 Å². The first-order valence-corrected chi connectivity index (χ1v) is 8.65. The highest BCUT2D eigenvalue weighted by Crippen LogP contribution is 2.19. The van der Waals surface area contributed by atoms with Crippen molar-refractivity contribution in [2.24, 2.45) is 0 Å². The van der Waals surface area contributed by atoms with Crippen molar-refractivity contribution in [2.75, 3.05) is 10.6 Å². The Kier molecular flexibility index (Phi) is 5.31. The summed E-state index contributed by atoms with van der Waals surface area (Å²) in [6.07, 6.45) is 1.62. The number of nitrogens with zero attached hydrogens (tertiary/aromatic N) is 1. The molecule has 3 aromatic rings. The molecule has 0 spiro atoms. The molecule has 0 radical (unpaired) electrons. The van der Waals surface area contributed by atoms with E-state index in [2.05, 4.69) is 41.6 Å². The zero-order valence-corrected chi connectivity index (χ0v) is 15.5. The molecule has 1 aromatic heterocycles. The highest BCUT2D eigenvalue weighted by Gasteiger charge is 2.09. The van der Waals surface area contributed by atoms with Gasteiger partial charge in [0, 0.05) is 16.9 Å². The van der Waals surface area contributed by atoms with Gasteiger partial charge in [0.25, 0.3) is 5.91 Å². The van der Waals surface area contributed by atoms with Gasteiger partial charge in [0.05, 0.1) is 11.9 Å². The molecule has 136 valence electrons. The quantitative estimate of drug-likeness (QED) is 0.636. The summed E-state index contributed by atoms with van der Waals surface area (Å²) in [6, 6.07) is 16.4. The van der Waals surface area contributed by atoms with Gasteiger partial charge in [0.1, 0.15) is 5.69 Å². The van der Waals surface area contributed by atoms with Crippen LogP contribution in [0.4, 0.5) is 17.1 Å². The molecular formula is C22H21N3O2. The first kappa shape index (κ1) is 18.3. The average Bonchev–Trinajstić information content (AvgIpc) is 2.65. The molecular weight excluding hydrogens is 338 g/mol. The van der Waals surface area contributed by atoms with E-state index in [-0.39, 0.29) is 11.7 Å². The molecule has 0 saturated carbocycles. The van der Waals surface area contributed by atoms with Gasteiger partial charge in [-0.1, -0.05) is 18.2 Å². The van der Waals surface area contributed by atoms with Gasteiger partial charge >= 0.3 is 0 Å². The zero-order valence-electron chi connectivity index (χ0n) is 15.5. The van der Waals surface area contributed by atoms with Gasteiger partial charge in [-0.2, -0.15) is 0 Å². The Morgan fingerprint density at radius 2 is 1.63 bits per heavy atom. The fourth-order valence-electron chi connectivity index (χ4n) is 2.60. The van der Waals surface area contributed by atoms with Crippen LogP contribution in [0.3, 0.4) is 0 Å². The number of carbonyl (C=O) groups is 2. The number of pyridine rings is 1. The van der Waals surface area contributed by atoms with E-state index in [0.717, 1.165) is 11.4 Å².